The van der Waals surface area contributed by atoms with Gasteiger partial charge in [0.05, 0.1) is 4.90 Å². The Morgan fingerprint density at radius 2 is 1.83 bits per heavy atom. The van der Waals surface area contributed by atoms with Gasteiger partial charge in [0.1, 0.15) is 6.04 Å². The van der Waals surface area contributed by atoms with Gasteiger partial charge in [-0.15, -0.1) is 0 Å². The SMILES string of the molecule is Cc1ccc(S(=O)(=O)N2CCC[C@H]2C(=O)OCC(=O)c2ccc3c(c2)OCO3)cc1. The molecule has 8 nitrogen and oxygen atoms in total. The number of hydrogen-bond donors (Lipinski definition) is 0. The van der Waals surface area contributed by atoms with Crippen LogP contribution in [0.4, 0.5) is 0 Å². The standard InChI is InChI=1S/C21H21NO7S/c1-14-4-7-16(8-5-14)30(25,26)22-10-2-3-17(22)21(24)27-12-18(23)15-6-9-19-20(11-15)29-13-28-19/h4-9,11,17H,2-3,10,12-13H2,1H3/t17-/m0/s1. The molecule has 4 rings (SSSR count). The molecule has 0 N–H and O–H groups in total. The highest BCUT2D eigenvalue weighted by Crippen LogP contribution is 2.32. The van der Waals surface area contributed by atoms with Crippen LogP contribution in [0.5, 0.6) is 11.5 Å². The molecule has 2 aromatic carbocycles. The molecule has 0 aliphatic carbocycles. The number of aryl methyl sites for hydroxylation is 1. The highest BCUT2D eigenvalue weighted by atomic mass is 32.2. The first-order valence-corrected chi connectivity index (χ1v) is 11.0. The fraction of sp³-hybridized carbons (Fsp3) is 0.333. The van der Waals surface area contributed by atoms with Crippen molar-refractivity contribution in [2.24, 2.45) is 0 Å². The van der Waals surface area contributed by atoms with E-state index in [4.69, 9.17) is 14.2 Å². The predicted molar refractivity (Wildman–Crippen MR) is 106 cm³/mol. The molecule has 30 heavy (non-hydrogen) atoms. The lowest BCUT2D eigenvalue weighted by atomic mass is 10.1. The molecule has 2 aliphatic rings. The third-order valence-electron chi connectivity index (χ3n) is 5.14. The Labute approximate surface area is 174 Å². The molecule has 1 atom stereocenters. The van der Waals surface area contributed by atoms with Crippen molar-refractivity contribution >= 4 is 21.8 Å². The molecule has 0 amide bonds. The summed E-state index contributed by atoms with van der Waals surface area (Å²) in [5.74, 6) is -0.130. The van der Waals surface area contributed by atoms with E-state index in [-0.39, 0.29) is 18.2 Å². The van der Waals surface area contributed by atoms with Crippen molar-refractivity contribution in [1.29, 1.82) is 0 Å². The Bertz CT molecular complexity index is 1080. The van der Waals surface area contributed by atoms with Gasteiger partial charge in [0, 0.05) is 12.1 Å². The number of carbonyl (C=O) groups excluding carboxylic acids is 2. The van der Waals surface area contributed by atoms with Gasteiger partial charge in [-0.25, -0.2) is 8.42 Å². The molecule has 1 fully saturated rings. The average molecular weight is 431 g/mol. The van der Waals surface area contributed by atoms with E-state index in [1.807, 2.05) is 6.92 Å². The van der Waals surface area contributed by atoms with Crippen LogP contribution in [-0.2, 0) is 19.6 Å². The van der Waals surface area contributed by atoms with E-state index in [0.717, 1.165) is 9.87 Å². The number of nitrogens with zero attached hydrogens (tertiary/aromatic N) is 1. The fourth-order valence-corrected chi connectivity index (χ4v) is 5.14. The molecular weight excluding hydrogens is 410 g/mol. The maximum absolute atomic E-state index is 13.0. The summed E-state index contributed by atoms with van der Waals surface area (Å²) >= 11 is 0. The Balaban J connectivity index is 1.42. The van der Waals surface area contributed by atoms with Crippen LogP contribution in [0, 0.1) is 6.92 Å². The largest absolute Gasteiger partial charge is 0.456 e. The lowest BCUT2D eigenvalue weighted by Crippen LogP contribution is -2.41. The van der Waals surface area contributed by atoms with Crippen LogP contribution in [0.15, 0.2) is 47.4 Å². The molecule has 0 spiro atoms. The smallest absolute Gasteiger partial charge is 0.324 e. The zero-order chi connectivity index (χ0) is 21.3. The fourth-order valence-electron chi connectivity index (χ4n) is 3.50. The molecule has 9 heteroatoms. The number of carbonyl (C=O) groups is 2. The van der Waals surface area contributed by atoms with Crippen LogP contribution in [-0.4, -0.2) is 50.5 Å². The summed E-state index contributed by atoms with van der Waals surface area (Å²) in [6.07, 6.45) is 0.892. The molecule has 158 valence electrons. The number of ether oxygens (including phenoxy) is 3. The van der Waals surface area contributed by atoms with Crippen molar-refractivity contribution in [1.82, 2.24) is 4.31 Å². The first-order valence-electron chi connectivity index (χ1n) is 9.54. The highest BCUT2D eigenvalue weighted by molar-refractivity contribution is 7.89. The summed E-state index contributed by atoms with van der Waals surface area (Å²) in [7, 11) is -3.83. The van der Waals surface area contributed by atoms with Gasteiger partial charge in [-0.2, -0.15) is 4.31 Å². The second-order valence-corrected chi connectivity index (χ2v) is 9.08. The molecule has 0 saturated carbocycles. The van der Waals surface area contributed by atoms with Gasteiger partial charge in [-0.05, 0) is 50.1 Å². The van der Waals surface area contributed by atoms with E-state index in [2.05, 4.69) is 0 Å². The Kier molecular flexibility index (Phi) is 5.48. The summed E-state index contributed by atoms with van der Waals surface area (Å²) in [5.41, 5.74) is 1.26. The zero-order valence-corrected chi connectivity index (χ0v) is 17.2. The summed E-state index contributed by atoms with van der Waals surface area (Å²) in [5, 5.41) is 0. The van der Waals surface area contributed by atoms with E-state index in [0.29, 0.717) is 29.9 Å². The second kappa shape index (κ2) is 8.08. The third-order valence-corrected chi connectivity index (χ3v) is 7.07. The van der Waals surface area contributed by atoms with Crippen LogP contribution in [0.1, 0.15) is 28.8 Å². The predicted octanol–water partition coefficient (Wildman–Crippen LogP) is 2.30. The van der Waals surface area contributed by atoms with Crippen LogP contribution < -0.4 is 9.47 Å². The van der Waals surface area contributed by atoms with Crippen molar-refractivity contribution in [2.75, 3.05) is 19.9 Å². The van der Waals surface area contributed by atoms with Gasteiger partial charge >= 0.3 is 5.97 Å². The number of fused-ring (bicyclic) bond motifs is 1. The Hall–Kier alpha value is -2.91. The number of rotatable bonds is 6. The number of benzene rings is 2. The Morgan fingerprint density at radius 3 is 2.60 bits per heavy atom. The average Bonchev–Trinajstić information content (AvgIpc) is 3.41. The van der Waals surface area contributed by atoms with Gasteiger partial charge in [0.25, 0.3) is 0 Å². The van der Waals surface area contributed by atoms with Crippen molar-refractivity contribution < 1.29 is 32.2 Å². The minimum absolute atomic E-state index is 0.0922. The van der Waals surface area contributed by atoms with Crippen molar-refractivity contribution in [3.63, 3.8) is 0 Å². The van der Waals surface area contributed by atoms with E-state index in [1.54, 1.807) is 24.3 Å². The first kappa shape index (κ1) is 20.4. The number of sulfonamides is 1. The molecule has 0 aromatic heterocycles. The topological polar surface area (TPSA) is 99.2 Å². The van der Waals surface area contributed by atoms with Crippen LogP contribution in [0.3, 0.4) is 0 Å². The lowest BCUT2D eigenvalue weighted by Gasteiger charge is -2.22. The molecule has 2 heterocycles. The van der Waals surface area contributed by atoms with Crippen LogP contribution in [0.2, 0.25) is 0 Å². The molecule has 0 bridgehead atoms. The van der Waals surface area contributed by atoms with E-state index in [1.165, 1.54) is 18.2 Å². The molecular formula is C21H21NO7S. The monoisotopic (exact) mass is 431 g/mol. The van der Waals surface area contributed by atoms with Crippen molar-refractivity contribution in [2.45, 2.75) is 30.7 Å². The molecule has 1 saturated heterocycles. The summed E-state index contributed by atoms with van der Waals surface area (Å²) in [6, 6.07) is 10.2. The summed E-state index contributed by atoms with van der Waals surface area (Å²) in [4.78, 5) is 25.1. The van der Waals surface area contributed by atoms with E-state index >= 15 is 0 Å². The highest BCUT2D eigenvalue weighted by Gasteiger charge is 2.40. The van der Waals surface area contributed by atoms with Gasteiger partial charge in [-0.1, -0.05) is 17.7 Å². The van der Waals surface area contributed by atoms with Gasteiger partial charge < -0.3 is 14.2 Å². The van der Waals surface area contributed by atoms with Gasteiger partial charge in [-0.3, -0.25) is 9.59 Å². The summed E-state index contributed by atoms with van der Waals surface area (Å²) < 4.78 is 42.7. The molecule has 0 unspecified atom stereocenters. The molecule has 2 aromatic rings. The lowest BCUT2D eigenvalue weighted by molar-refractivity contribution is -0.146. The maximum Gasteiger partial charge on any atom is 0.324 e. The van der Waals surface area contributed by atoms with Gasteiger partial charge in [0.15, 0.2) is 23.9 Å². The number of ketones is 1. The quantitative estimate of drug-likeness (QED) is 0.511. The zero-order valence-electron chi connectivity index (χ0n) is 16.4. The minimum Gasteiger partial charge on any atom is -0.456 e. The van der Waals surface area contributed by atoms with Crippen molar-refractivity contribution in [3.8, 4) is 11.5 Å². The number of Topliss-reactive ketones (excluding diaryl/α,β-unsaturated/α-hetero) is 1. The second-order valence-electron chi connectivity index (χ2n) is 7.19. The van der Waals surface area contributed by atoms with E-state index < -0.39 is 34.4 Å². The van der Waals surface area contributed by atoms with Gasteiger partial charge in [0.2, 0.25) is 16.8 Å². The first-order chi connectivity index (χ1) is 14.4. The summed E-state index contributed by atoms with van der Waals surface area (Å²) in [6.45, 7) is 1.71. The third kappa shape index (κ3) is 3.90. The van der Waals surface area contributed by atoms with E-state index in [9.17, 15) is 18.0 Å². The number of hydrogen-bond acceptors (Lipinski definition) is 7. The van der Waals surface area contributed by atoms with Crippen LogP contribution >= 0.6 is 0 Å². The van der Waals surface area contributed by atoms with Crippen molar-refractivity contribution in [3.05, 3.63) is 53.6 Å². The maximum atomic E-state index is 13.0. The molecule has 2 aliphatic heterocycles. The Morgan fingerprint density at radius 1 is 1.10 bits per heavy atom. The normalized spacial score (nSPS) is 18.4. The molecule has 0 radical (unpaired) electrons. The van der Waals surface area contributed by atoms with Crippen LogP contribution in [0.25, 0.3) is 0 Å². The number of esters is 1. The minimum atomic E-state index is -3.83.